The summed E-state index contributed by atoms with van der Waals surface area (Å²) in [4.78, 5) is 13.1. The van der Waals surface area contributed by atoms with Crippen LogP contribution in [0.2, 0.25) is 0 Å². The molecule has 0 spiro atoms. The maximum atomic E-state index is 12.0. The van der Waals surface area contributed by atoms with E-state index in [-0.39, 0.29) is 5.91 Å². The minimum Gasteiger partial charge on any atom is -0.388 e. The van der Waals surface area contributed by atoms with E-state index >= 15 is 0 Å². The third-order valence-electron chi connectivity index (χ3n) is 3.32. The van der Waals surface area contributed by atoms with Crippen molar-refractivity contribution in [3.05, 3.63) is 29.8 Å². The normalized spacial score (nSPS) is 11.4. The van der Waals surface area contributed by atoms with Gasteiger partial charge in [0.1, 0.15) is 0 Å². The first-order valence-electron chi connectivity index (χ1n) is 6.78. The smallest absolute Gasteiger partial charge is 0.251 e. The second-order valence-corrected chi connectivity index (χ2v) is 5.91. The van der Waals surface area contributed by atoms with Crippen LogP contribution in [-0.4, -0.2) is 28.9 Å². The second-order valence-electron chi connectivity index (χ2n) is 4.57. The summed E-state index contributed by atoms with van der Waals surface area (Å²) < 4.78 is 0. The number of carbonyl (C=O) groups excluding carboxylic acids is 1. The third-order valence-corrected chi connectivity index (χ3v) is 4.22. The lowest BCUT2D eigenvalue weighted by molar-refractivity contribution is 0.0314. The fourth-order valence-corrected chi connectivity index (χ4v) is 2.38. The summed E-state index contributed by atoms with van der Waals surface area (Å²) >= 11 is 1.75. The fraction of sp³-hybridized carbons (Fsp3) is 0.533. The number of carbonyl (C=O) groups is 1. The van der Waals surface area contributed by atoms with Gasteiger partial charge in [-0.1, -0.05) is 20.8 Å². The molecule has 0 bridgehead atoms. The molecular formula is C15H23NO2S. The van der Waals surface area contributed by atoms with Gasteiger partial charge in [0.2, 0.25) is 0 Å². The molecular weight excluding hydrogens is 258 g/mol. The molecule has 0 atom stereocenters. The zero-order valence-corrected chi connectivity index (χ0v) is 12.7. The Labute approximate surface area is 119 Å². The Balaban J connectivity index is 2.58. The van der Waals surface area contributed by atoms with E-state index in [4.69, 9.17) is 0 Å². The topological polar surface area (TPSA) is 49.3 Å². The quantitative estimate of drug-likeness (QED) is 0.755. The molecule has 1 aromatic carbocycles. The van der Waals surface area contributed by atoms with Gasteiger partial charge in [-0.2, -0.15) is 0 Å². The van der Waals surface area contributed by atoms with Gasteiger partial charge in [-0.3, -0.25) is 4.79 Å². The molecule has 0 radical (unpaired) electrons. The van der Waals surface area contributed by atoms with Crippen LogP contribution < -0.4 is 5.32 Å². The number of rotatable bonds is 7. The SMILES string of the molecule is CCSc1ccc(C(=O)NCC(O)(CC)CC)cc1. The first-order valence-corrected chi connectivity index (χ1v) is 7.76. The Hall–Kier alpha value is -1.00. The standard InChI is InChI=1S/C15H23NO2S/c1-4-15(18,5-2)11-16-14(17)12-7-9-13(10-8-12)19-6-3/h7-10,18H,4-6,11H2,1-3H3,(H,16,17). The molecule has 0 unspecified atom stereocenters. The van der Waals surface area contributed by atoms with E-state index in [9.17, 15) is 9.90 Å². The van der Waals surface area contributed by atoms with Crippen molar-refractivity contribution in [2.24, 2.45) is 0 Å². The summed E-state index contributed by atoms with van der Waals surface area (Å²) in [6, 6.07) is 7.55. The van der Waals surface area contributed by atoms with Gasteiger partial charge in [0.05, 0.1) is 5.60 Å². The molecule has 0 saturated carbocycles. The molecule has 2 N–H and O–H groups in total. The summed E-state index contributed by atoms with van der Waals surface area (Å²) in [5, 5.41) is 12.9. The van der Waals surface area contributed by atoms with Crippen LogP contribution in [0.5, 0.6) is 0 Å². The molecule has 0 heterocycles. The minimum atomic E-state index is -0.798. The molecule has 0 fully saturated rings. The van der Waals surface area contributed by atoms with Crippen LogP contribution in [0.25, 0.3) is 0 Å². The number of benzene rings is 1. The highest BCUT2D eigenvalue weighted by Gasteiger charge is 2.22. The highest BCUT2D eigenvalue weighted by Crippen LogP contribution is 2.18. The predicted octanol–water partition coefficient (Wildman–Crippen LogP) is 3.08. The molecule has 0 saturated heterocycles. The largest absolute Gasteiger partial charge is 0.388 e. The van der Waals surface area contributed by atoms with E-state index in [1.807, 2.05) is 38.1 Å². The van der Waals surface area contributed by atoms with Crippen molar-refractivity contribution in [3.8, 4) is 0 Å². The highest BCUT2D eigenvalue weighted by atomic mass is 32.2. The Morgan fingerprint density at radius 3 is 2.26 bits per heavy atom. The van der Waals surface area contributed by atoms with Crippen LogP contribution in [0.1, 0.15) is 44.0 Å². The number of nitrogens with one attached hydrogen (secondary N) is 1. The predicted molar refractivity (Wildman–Crippen MR) is 80.7 cm³/mol. The van der Waals surface area contributed by atoms with Gasteiger partial charge in [-0.05, 0) is 42.9 Å². The van der Waals surface area contributed by atoms with Crippen LogP contribution >= 0.6 is 11.8 Å². The lowest BCUT2D eigenvalue weighted by atomic mass is 9.97. The van der Waals surface area contributed by atoms with Gasteiger partial charge >= 0.3 is 0 Å². The van der Waals surface area contributed by atoms with Crippen molar-refractivity contribution >= 4 is 17.7 Å². The zero-order chi connectivity index (χ0) is 14.3. The van der Waals surface area contributed by atoms with Gasteiger partial charge in [0.15, 0.2) is 0 Å². The monoisotopic (exact) mass is 281 g/mol. The van der Waals surface area contributed by atoms with Crippen molar-refractivity contribution in [2.75, 3.05) is 12.3 Å². The maximum Gasteiger partial charge on any atom is 0.251 e. The highest BCUT2D eigenvalue weighted by molar-refractivity contribution is 7.99. The average Bonchev–Trinajstić information content (AvgIpc) is 2.45. The summed E-state index contributed by atoms with van der Waals surface area (Å²) in [7, 11) is 0. The van der Waals surface area contributed by atoms with Crippen LogP contribution in [0.15, 0.2) is 29.2 Å². The molecule has 19 heavy (non-hydrogen) atoms. The molecule has 106 valence electrons. The molecule has 1 aromatic rings. The molecule has 1 rings (SSSR count). The van der Waals surface area contributed by atoms with E-state index in [0.29, 0.717) is 24.9 Å². The summed E-state index contributed by atoms with van der Waals surface area (Å²) in [5.74, 6) is 0.888. The van der Waals surface area contributed by atoms with Crippen LogP contribution in [-0.2, 0) is 0 Å². The van der Waals surface area contributed by atoms with E-state index in [0.717, 1.165) is 10.6 Å². The van der Waals surface area contributed by atoms with Crippen molar-refractivity contribution in [1.29, 1.82) is 0 Å². The van der Waals surface area contributed by atoms with E-state index in [2.05, 4.69) is 12.2 Å². The Morgan fingerprint density at radius 1 is 1.21 bits per heavy atom. The summed E-state index contributed by atoms with van der Waals surface area (Å²) in [5.41, 5.74) is -0.164. The van der Waals surface area contributed by atoms with E-state index in [1.54, 1.807) is 11.8 Å². The zero-order valence-electron chi connectivity index (χ0n) is 11.9. The number of hydrogen-bond acceptors (Lipinski definition) is 3. The maximum absolute atomic E-state index is 12.0. The molecule has 1 amide bonds. The van der Waals surface area contributed by atoms with Crippen molar-refractivity contribution in [3.63, 3.8) is 0 Å². The van der Waals surface area contributed by atoms with Crippen molar-refractivity contribution < 1.29 is 9.90 Å². The Kier molecular flexibility index (Phi) is 6.38. The van der Waals surface area contributed by atoms with Crippen molar-refractivity contribution in [2.45, 2.75) is 44.1 Å². The minimum absolute atomic E-state index is 0.131. The third kappa shape index (κ3) is 4.88. The summed E-state index contributed by atoms with van der Waals surface area (Å²) in [6.45, 7) is 6.24. The van der Waals surface area contributed by atoms with Gasteiger partial charge in [0.25, 0.3) is 5.91 Å². The molecule has 3 nitrogen and oxygen atoms in total. The van der Waals surface area contributed by atoms with Gasteiger partial charge in [-0.25, -0.2) is 0 Å². The molecule has 0 aliphatic rings. The lowest BCUT2D eigenvalue weighted by Gasteiger charge is -2.25. The fourth-order valence-electron chi connectivity index (χ4n) is 1.72. The van der Waals surface area contributed by atoms with Crippen LogP contribution in [0.4, 0.5) is 0 Å². The molecule has 0 aliphatic carbocycles. The number of thioether (sulfide) groups is 1. The number of aliphatic hydroxyl groups is 1. The summed E-state index contributed by atoms with van der Waals surface area (Å²) in [6.07, 6.45) is 1.27. The van der Waals surface area contributed by atoms with Crippen LogP contribution in [0, 0.1) is 0 Å². The lowest BCUT2D eigenvalue weighted by Crippen LogP contribution is -2.42. The van der Waals surface area contributed by atoms with Gasteiger partial charge < -0.3 is 10.4 Å². The Morgan fingerprint density at radius 2 is 1.79 bits per heavy atom. The van der Waals surface area contributed by atoms with Crippen LogP contribution in [0.3, 0.4) is 0 Å². The van der Waals surface area contributed by atoms with Gasteiger partial charge in [-0.15, -0.1) is 11.8 Å². The first kappa shape index (κ1) is 16.1. The number of amides is 1. The molecule has 0 aliphatic heterocycles. The number of hydrogen-bond donors (Lipinski definition) is 2. The van der Waals surface area contributed by atoms with E-state index < -0.39 is 5.60 Å². The second kappa shape index (κ2) is 7.56. The average molecular weight is 281 g/mol. The van der Waals surface area contributed by atoms with Gasteiger partial charge in [0, 0.05) is 17.0 Å². The molecule has 4 heteroatoms. The van der Waals surface area contributed by atoms with E-state index in [1.165, 1.54) is 0 Å². The first-order chi connectivity index (χ1) is 9.04. The van der Waals surface area contributed by atoms with Crippen molar-refractivity contribution in [1.82, 2.24) is 5.32 Å². The molecule has 0 aromatic heterocycles. The Bertz CT molecular complexity index is 399.